The topological polar surface area (TPSA) is 117 Å². The molecule has 1 atom stereocenters. The summed E-state index contributed by atoms with van der Waals surface area (Å²) in [5, 5.41) is 15.5. The summed E-state index contributed by atoms with van der Waals surface area (Å²) in [4.78, 5) is 14.7. The predicted molar refractivity (Wildman–Crippen MR) is 126 cm³/mol. The van der Waals surface area contributed by atoms with Crippen molar-refractivity contribution in [2.75, 3.05) is 27.5 Å². The number of benzene rings is 2. The Morgan fingerprint density at radius 1 is 1.22 bits per heavy atom. The molecule has 2 aromatic carbocycles. The van der Waals surface area contributed by atoms with Gasteiger partial charge in [-0.3, -0.25) is 9.69 Å². The van der Waals surface area contributed by atoms with Gasteiger partial charge >= 0.3 is 0 Å². The van der Waals surface area contributed by atoms with Crippen molar-refractivity contribution in [1.29, 1.82) is 0 Å². The number of carbonyl (C=O) groups is 1. The van der Waals surface area contributed by atoms with Gasteiger partial charge in [0, 0.05) is 17.7 Å². The summed E-state index contributed by atoms with van der Waals surface area (Å²) in [5.41, 5.74) is 3.32. The number of furan rings is 1. The van der Waals surface area contributed by atoms with Crippen LogP contribution in [0.25, 0.3) is 5.69 Å². The number of methoxy groups -OCH3 is 1. The Kier molecular flexibility index (Phi) is 5.53. The molecule has 0 spiro atoms. The van der Waals surface area contributed by atoms with Crippen LogP contribution in [0, 0.1) is 0 Å². The van der Waals surface area contributed by atoms with Crippen molar-refractivity contribution in [2.24, 2.45) is 0 Å². The lowest BCUT2D eigenvalue weighted by Gasteiger charge is -2.34. The molecule has 0 radical (unpaired) electrons. The number of aromatic nitrogens is 4. The summed E-state index contributed by atoms with van der Waals surface area (Å²) in [6, 6.07) is 12.5. The van der Waals surface area contributed by atoms with Gasteiger partial charge in [-0.15, -0.1) is 5.10 Å². The molecule has 4 heterocycles. The highest BCUT2D eigenvalue weighted by molar-refractivity contribution is 5.94. The minimum absolute atomic E-state index is 0.161. The predicted octanol–water partition coefficient (Wildman–Crippen LogP) is 2.50. The highest BCUT2D eigenvalue weighted by Crippen LogP contribution is 2.50. The monoisotopic (exact) mass is 488 g/mol. The van der Waals surface area contributed by atoms with Gasteiger partial charge < -0.3 is 23.9 Å². The van der Waals surface area contributed by atoms with E-state index in [4.69, 9.17) is 18.6 Å². The minimum Gasteiger partial charge on any atom is -0.492 e. The first-order chi connectivity index (χ1) is 17.6. The van der Waals surface area contributed by atoms with Gasteiger partial charge in [0.2, 0.25) is 12.5 Å². The zero-order valence-electron chi connectivity index (χ0n) is 19.8. The zero-order valence-corrected chi connectivity index (χ0v) is 19.8. The maximum absolute atomic E-state index is 12.6. The average molecular weight is 489 g/mol. The molecule has 0 bridgehead atoms. The molecule has 0 saturated heterocycles. The molecule has 2 aliphatic heterocycles. The molecule has 0 aliphatic carbocycles. The number of likely N-dealkylation sites (N-methyl/N-ethyl adjacent to an activating group) is 1. The third-order valence-corrected chi connectivity index (χ3v) is 6.51. The Hall–Kier alpha value is -4.38. The van der Waals surface area contributed by atoms with Crippen LogP contribution in [0.4, 0.5) is 0 Å². The Balaban J connectivity index is 1.32. The number of hydrogen-bond donors (Lipinski definition) is 1. The summed E-state index contributed by atoms with van der Waals surface area (Å²) in [6.07, 6.45) is 2.41. The van der Waals surface area contributed by atoms with Crippen molar-refractivity contribution in [3.63, 3.8) is 0 Å². The zero-order chi connectivity index (χ0) is 24.6. The molecule has 4 aromatic rings. The third-order valence-electron chi connectivity index (χ3n) is 6.51. The molecular formula is C25H24N6O5. The van der Waals surface area contributed by atoms with Gasteiger partial charge in [-0.25, -0.2) is 0 Å². The standard InChI is InChI=1S/C25H24N6O5/c1-30-10-9-16-12-19-22(36-14-35-19)23(33-2)20(16)21(30)24-27-28-29-31(24)17-7-5-15(6-8-17)25(32)26-13-18-4-3-11-34-18/h3-8,11-12,21H,9-10,13-14H2,1-2H3,(H,26,32)/t21-/m0/s1. The maximum atomic E-state index is 12.6. The molecule has 184 valence electrons. The van der Waals surface area contributed by atoms with E-state index < -0.39 is 0 Å². The van der Waals surface area contributed by atoms with E-state index in [-0.39, 0.29) is 18.7 Å². The van der Waals surface area contributed by atoms with Crippen LogP contribution in [0.1, 0.15) is 39.1 Å². The second kappa shape index (κ2) is 9.00. The van der Waals surface area contributed by atoms with Crippen molar-refractivity contribution in [1.82, 2.24) is 30.4 Å². The van der Waals surface area contributed by atoms with E-state index in [1.807, 2.05) is 31.3 Å². The lowest BCUT2D eigenvalue weighted by atomic mass is 9.90. The Bertz CT molecular complexity index is 1400. The molecule has 11 heteroatoms. The first-order valence-electron chi connectivity index (χ1n) is 11.5. The molecule has 2 aliphatic rings. The summed E-state index contributed by atoms with van der Waals surface area (Å²) in [5.74, 6) is 3.04. The first-order valence-corrected chi connectivity index (χ1v) is 11.5. The highest BCUT2D eigenvalue weighted by atomic mass is 16.7. The van der Waals surface area contributed by atoms with Crippen molar-refractivity contribution < 1.29 is 23.4 Å². The van der Waals surface area contributed by atoms with E-state index in [2.05, 4.69) is 25.7 Å². The molecule has 11 nitrogen and oxygen atoms in total. The molecule has 1 N–H and O–H groups in total. The fraction of sp³-hybridized carbons (Fsp3) is 0.280. The number of fused-ring (bicyclic) bond motifs is 2. The van der Waals surface area contributed by atoms with Gasteiger partial charge in [-0.1, -0.05) is 0 Å². The van der Waals surface area contributed by atoms with Gasteiger partial charge in [0.15, 0.2) is 17.3 Å². The van der Waals surface area contributed by atoms with Crippen LogP contribution in [0.3, 0.4) is 0 Å². The van der Waals surface area contributed by atoms with Crippen LogP contribution in [-0.4, -0.2) is 58.5 Å². The smallest absolute Gasteiger partial charge is 0.251 e. The Labute approximate surface area is 206 Å². The number of hydrogen-bond acceptors (Lipinski definition) is 9. The van der Waals surface area contributed by atoms with Gasteiger partial charge in [-0.05, 0) is 71.9 Å². The van der Waals surface area contributed by atoms with E-state index in [1.165, 1.54) is 0 Å². The fourth-order valence-electron chi connectivity index (χ4n) is 4.74. The summed E-state index contributed by atoms with van der Waals surface area (Å²) >= 11 is 0. The summed E-state index contributed by atoms with van der Waals surface area (Å²) in [7, 11) is 3.66. The van der Waals surface area contributed by atoms with Gasteiger partial charge in [0.05, 0.1) is 25.6 Å². The third kappa shape index (κ3) is 3.73. The van der Waals surface area contributed by atoms with Crippen molar-refractivity contribution in [3.8, 4) is 22.9 Å². The molecule has 1 amide bonds. The van der Waals surface area contributed by atoms with E-state index in [0.717, 1.165) is 29.8 Å². The van der Waals surface area contributed by atoms with E-state index in [1.54, 1.807) is 36.3 Å². The van der Waals surface area contributed by atoms with Crippen molar-refractivity contribution in [2.45, 2.75) is 19.0 Å². The maximum Gasteiger partial charge on any atom is 0.251 e. The summed E-state index contributed by atoms with van der Waals surface area (Å²) < 4.78 is 24.1. The Morgan fingerprint density at radius 2 is 2.08 bits per heavy atom. The van der Waals surface area contributed by atoms with Gasteiger partial charge in [0.25, 0.3) is 5.91 Å². The molecule has 36 heavy (non-hydrogen) atoms. The SMILES string of the molecule is COc1c2c(cc3c1[C@@H](c1nnnn1-c1ccc(C(=O)NCc4ccco4)cc1)N(C)CC3)OCO2. The fourth-order valence-corrected chi connectivity index (χ4v) is 4.74. The average Bonchev–Trinajstić information content (AvgIpc) is 3.68. The first kappa shape index (κ1) is 22.1. The normalized spacial score (nSPS) is 16.6. The lowest BCUT2D eigenvalue weighted by molar-refractivity contribution is 0.0948. The number of nitrogens with zero attached hydrogens (tertiary/aromatic N) is 5. The number of nitrogens with one attached hydrogen (secondary N) is 1. The van der Waals surface area contributed by atoms with E-state index >= 15 is 0 Å². The van der Waals surface area contributed by atoms with Crippen LogP contribution in [0.5, 0.6) is 17.2 Å². The number of carbonyl (C=O) groups excluding carboxylic acids is 1. The van der Waals surface area contributed by atoms with Crippen LogP contribution in [0.15, 0.2) is 53.1 Å². The Morgan fingerprint density at radius 3 is 2.86 bits per heavy atom. The number of rotatable bonds is 6. The number of amides is 1. The molecule has 2 aromatic heterocycles. The van der Waals surface area contributed by atoms with E-state index in [0.29, 0.717) is 40.9 Å². The van der Waals surface area contributed by atoms with Crippen LogP contribution >= 0.6 is 0 Å². The van der Waals surface area contributed by atoms with Crippen LogP contribution in [-0.2, 0) is 13.0 Å². The minimum atomic E-state index is -0.274. The van der Waals surface area contributed by atoms with Gasteiger partial charge in [-0.2, -0.15) is 4.68 Å². The van der Waals surface area contributed by atoms with Crippen LogP contribution in [0.2, 0.25) is 0 Å². The van der Waals surface area contributed by atoms with Crippen molar-refractivity contribution in [3.05, 3.63) is 77.0 Å². The summed E-state index contributed by atoms with van der Waals surface area (Å²) in [6.45, 7) is 1.29. The quantitative estimate of drug-likeness (QED) is 0.437. The molecule has 6 rings (SSSR count). The van der Waals surface area contributed by atoms with Gasteiger partial charge in [0.1, 0.15) is 11.8 Å². The highest BCUT2D eigenvalue weighted by Gasteiger charge is 2.37. The molecule has 0 saturated carbocycles. The molecular weight excluding hydrogens is 464 g/mol. The largest absolute Gasteiger partial charge is 0.492 e. The number of ether oxygens (including phenoxy) is 3. The number of tetrazole rings is 1. The van der Waals surface area contributed by atoms with Crippen LogP contribution < -0.4 is 19.5 Å². The molecule has 0 unspecified atom stereocenters. The van der Waals surface area contributed by atoms with Crippen molar-refractivity contribution >= 4 is 5.91 Å². The second-order valence-electron chi connectivity index (χ2n) is 8.61. The molecule has 0 fully saturated rings. The van der Waals surface area contributed by atoms with E-state index in [9.17, 15) is 4.79 Å². The lowest BCUT2D eigenvalue weighted by Crippen LogP contribution is -2.35. The second-order valence-corrected chi connectivity index (χ2v) is 8.61.